The van der Waals surface area contributed by atoms with E-state index < -0.39 is 0 Å². The summed E-state index contributed by atoms with van der Waals surface area (Å²) in [4.78, 5) is 0. The minimum absolute atomic E-state index is 0.861. The first-order valence-electron chi connectivity index (χ1n) is 14.9. The molecular weight excluding hydrogens is 404 g/mol. The Morgan fingerprint density at radius 2 is 0.727 bits per heavy atom. The number of hydrogen-bond donors (Lipinski definition) is 0. The molecule has 0 heterocycles. The van der Waals surface area contributed by atoms with Crippen molar-refractivity contribution in [3.8, 4) is 0 Å². The molecule has 0 rings (SSSR count). The van der Waals surface area contributed by atoms with Crippen LogP contribution in [0.1, 0.15) is 149 Å². The highest BCUT2D eigenvalue weighted by Crippen LogP contribution is 2.10. The summed E-state index contributed by atoms with van der Waals surface area (Å²) in [6, 6.07) is 0. The maximum atomic E-state index is 5.74. The smallest absolute Gasteiger partial charge is 0.0487 e. The lowest BCUT2D eigenvalue weighted by atomic mass is 10.1. The Labute approximate surface area is 209 Å². The van der Waals surface area contributed by atoms with E-state index in [9.17, 15) is 0 Å². The quantitative estimate of drug-likeness (QED) is 0.0846. The third kappa shape index (κ3) is 31.4. The molecule has 0 aliphatic rings. The molecule has 0 atom stereocenters. The molecule has 0 radical (unpaired) electrons. The summed E-state index contributed by atoms with van der Waals surface area (Å²) in [6.45, 7) is 8.11. The monoisotopic (exact) mass is 464 g/mol. The van der Waals surface area contributed by atoms with Gasteiger partial charge < -0.3 is 9.47 Å². The minimum Gasteiger partial charge on any atom is -0.381 e. The zero-order chi connectivity index (χ0) is 23.9. The second kappa shape index (κ2) is 31.4. The van der Waals surface area contributed by atoms with Crippen LogP contribution in [0.25, 0.3) is 0 Å². The normalized spacial score (nSPS) is 11.9. The van der Waals surface area contributed by atoms with Gasteiger partial charge in [-0.3, -0.25) is 0 Å². The van der Waals surface area contributed by atoms with E-state index in [4.69, 9.17) is 9.47 Å². The number of hydrogen-bond acceptors (Lipinski definition) is 2. The summed E-state index contributed by atoms with van der Waals surface area (Å²) in [6.07, 6.45) is 36.9. The molecule has 0 aromatic heterocycles. The van der Waals surface area contributed by atoms with E-state index in [-0.39, 0.29) is 0 Å². The first-order chi connectivity index (χ1) is 16.4. The zero-order valence-corrected chi connectivity index (χ0v) is 22.8. The Kier molecular flexibility index (Phi) is 30.8. The van der Waals surface area contributed by atoms with Gasteiger partial charge in [0, 0.05) is 26.4 Å². The van der Waals surface area contributed by atoms with Gasteiger partial charge in [-0.05, 0) is 51.4 Å². The van der Waals surface area contributed by atoms with Crippen LogP contribution >= 0.6 is 0 Å². The predicted molar refractivity (Wildman–Crippen MR) is 148 cm³/mol. The van der Waals surface area contributed by atoms with Crippen molar-refractivity contribution in [1.29, 1.82) is 0 Å². The van der Waals surface area contributed by atoms with E-state index >= 15 is 0 Å². The van der Waals surface area contributed by atoms with Gasteiger partial charge in [-0.1, -0.05) is 122 Å². The van der Waals surface area contributed by atoms with E-state index in [2.05, 4.69) is 38.2 Å². The second-order valence-corrected chi connectivity index (χ2v) is 9.64. The van der Waals surface area contributed by atoms with E-state index in [0.717, 1.165) is 39.3 Å². The summed E-state index contributed by atoms with van der Waals surface area (Å²) in [5.41, 5.74) is 0. The molecule has 0 aliphatic heterocycles. The number of rotatable bonds is 28. The molecule has 0 aromatic rings. The highest BCUT2D eigenvalue weighted by Gasteiger charge is 1.95. The molecule has 0 N–H and O–H groups in total. The molecule has 0 amide bonds. The Hall–Kier alpha value is -0.600. The lowest BCUT2D eigenvalue weighted by Crippen LogP contribution is -2.03. The van der Waals surface area contributed by atoms with Crippen LogP contribution in [0, 0.1) is 0 Å². The van der Waals surface area contributed by atoms with Crippen LogP contribution < -0.4 is 0 Å². The van der Waals surface area contributed by atoms with Crippen molar-refractivity contribution in [2.24, 2.45) is 0 Å². The van der Waals surface area contributed by atoms with E-state index in [1.807, 2.05) is 0 Å². The topological polar surface area (TPSA) is 18.5 Å². The number of allylic oxidation sites excluding steroid dienone is 4. The van der Waals surface area contributed by atoms with Crippen molar-refractivity contribution in [3.05, 3.63) is 24.3 Å². The van der Waals surface area contributed by atoms with Crippen molar-refractivity contribution >= 4 is 0 Å². The van der Waals surface area contributed by atoms with Gasteiger partial charge in [0.1, 0.15) is 0 Å². The average Bonchev–Trinajstić information content (AvgIpc) is 2.83. The van der Waals surface area contributed by atoms with Crippen molar-refractivity contribution < 1.29 is 9.47 Å². The number of ether oxygens (including phenoxy) is 2. The Morgan fingerprint density at radius 1 is 0.364 bits per heavy atom. The summed E-state index contributed by atoms with van der Waals surface area (Å²) in [7, 11) is 0. The Bertz CT molecular complexity index is 388. The molecule has 0 aromatic carbocycles. The molecule has 0 unspecified atom stereocenters. The summed E-state index contributed by atoms with van der Waals surface area (Å²) < 4.78 is 11.4. The molecular formula is C31H60O2. The van der Waals surface area contributed by atoms with Crippen molar-refractivity contribution in [1.82, 2.24) is 0 Å². The molecule has 196 valence electrons. The van der Waals surface area contributed by atoms with Gasteiger partial charge in [-0.25, -0.2) is 0 Å². The maximum Gasteiger partial charge on any atom is 0.0487 e. The first-order valence-corrected chi connectivity index (χ1v) is 14.9. The first kappa shape index (κ1) is 32.4. The van der Waals surface area contributed by atoms with Gasteiger partial charge in [0.05, 0.1) is 0 Å². The third-order valence-electron chi connectivity index (χ3n) is 6.21. The fourth-order valence-corrected chi connectivity index (χ4v) is 4.00. The van der Waals surface area contributed by atoms with Crippen LogP contribution in [-0.4, -0.2) is 26.4 Å². The third-order valence-corrected chi connectivity index (χ3v) is 6.21. The summed E-state index contributed by atoms with van der Waals surface area (Å²) in [5, 5.41) is 0. The standard InChI is InChI=1S/C31H60O2/c1-3-5-7-9-11-12-13-14-15-16-17-18-19-20-21-22-24-26-29-33-31-27-30-32-28-25-23-10-8-6-4-2/h11-12,14-15H,3-10,13,16-31H2,1-2H3/b12-11-,15-14-. The van der Waals surface area contributed by atoms with Crippen LogP contribution in [0.4, 0.5) is 0 Å². The SMILES string of the molecule is CCCCC/C=C\C/C=C\CCCCCCCCCCOCCCOCCCCCCCC. The van der Waals surface area contributed by atoms with E-state index in [1.54, 1.807) is 0 Å². The van der Waals surface area contributed by atoms with Gasteiger partial charge in [0.25, 0.3) is 0 Å². The summed E-state index contributed by atoms with van der Waals surface area (Å²) >= 11 is 0. The number of unbranched alkanes of at least 4 members (excludes halogenated alkanes) is 16. The fourth-order valence-electron chi connectivity index (χ4n) is 4.00. The highest BCUT2D eigenvalue weighted by atomic mass is 16.5. The van der Waals surface area contributed by atoms with E-state index in [0.29, 0.717) is 0 Å². The van der Waals surface area contributed by atoms with Crippen LogP contribution in [0.3, 0.4) is 0 Å². The van der Waals surface area contributed by atoms with Crippen molar-refractivity contribution in [2.75, 3.05) is 26.4 Å². The Balaban J connectivity index is 3.08. The zero-order valence-electron chi connectivity index (χ0n) is 22.8. The van der Waals surface area contributed by atoms with Gasteiger partial charge in [0.2, 0.25) is 0 Å². The lowest BCUT2D eigenvalue weighted by Gasteiger charge is -2.06. The largest absolute Gasteiger partial charge is 0.381 e. The molecule has 2 nitrogen and oxygen atoms in total. The van der Waals surface area contributed by atoms with Gasteiger partial charge in [-0.2, -0.15) is 0 Å². The molecule has 0 saturated carbocycles. The van der Waals surface area contributed by atoms with Gasteiger partial charge in [0.15, 0.2) is 0 Å². The van der Waals surface area contributed by atoms with Crippen LogP contribution in [0.2, 0.25) is 0 Å². The second-order valence-electron chi connectivity index (χ2n) is 9.64. The molecule has 0 aliphatic carbocycles. The average molecular weight is 465 g/mol. The molecule has 0 spiro atoms. The van der Waals surface area contributed by atoms with Crippen molar-refractivity contribution in [3.63, 3.8) is 0 Å². The maximum absolute atomic E-state index is 5.74. The van der Waals surface area contributed by atoms with Gasteiger partial charge in [-0.15, -0.1) is 0 Å². The molecule has 0 bridgehead atoms. The Morgan fingerprint density at radius 3 is 1.24 bits per heavy atom. The summed E-state index contributed by atoms with van der Waals surface area (Å²) in [5.74, 6) is 0. The lowest BCUT2D eigenvalue weighted by molar-refractivity contribution is 0.0794. The van der Waals surface area contributed by atoms with Crippen LogP contribution in [0.15, 0.2) is 24.3 Å². The van der Waals surface area contributed by atoms with Crippen LogP contribution in [-0.2, 0) is 9.47 Å². The molecule has 0 saturated heterocycles. The van der Waals surface area contributed by atoms with Crippen LogP contribution in [0.5, 0.6) is 0 Å². The van der Waals surface area contributed by atoms with Crippen molar-refractivity contribution in [2.45, 2.75) is 149 Å². The molecule has 0 fully saturated rings. The van der Waals surface area contributed by atoms with E-state index in [1.165, 1.54) is 122 Å². The van der Waals surface area contributed by atoms with Gasteiger partial charge >= 0.3 is 0 Å². The highest BCUT2D eigenvalue weighted by molar-refractivity contribution is 4.92. The molecule has 33 heavy (non-hydrogen) atoms. The molecule has 2 heteroatoms. The fraction of sp³-hybridized carbons (Fsp3) is 0.871. The minimum atomic E-state index is 0.861. The predicted octanol–water partition coefficient (Wildman–Crippen LogP) is 10.4.